The average molecular weight is 513 g/mol. The molecule has 3 unspecified atom stereocenters. The van der Waals surface area contributed by atoms with Crippen molar-refractivity contribution < 1.29 is 9.59 Å². The van der Waals surface area contributed by atoms with Crippen LogP contribution in [-0.2, 0) is 16.0 Å². The van der Waals surface area contributed by atoms with Crippen LogP contribution in [0.2, 0.25) is 0 Å². The van der Waals surface area contributed by atoms with E-state index < -0.39 is 12.1 Å². The van der Waals surface area contributed by atoms with Crippen molar-refractivity contribution in [2.75, 3.05) is 6.54 Å². The van der Waals surface area contributed by atoms with E-state index in [2.05, 4.69) is 47.3 Å². The first-order valence-electron chi connectivity index (χ1n) is 13.1. The number of benzene rings is 1. The molecule has 0 spiro atoms. The summed E-state index contributed by atoms with van der Waals surface area (Å²) in [6, 6.07) is 5.40. The molecule has 0 bridgehead atoms. The molecule has 1 aromatic heterocycles. The lowest BCUT2D eigenvalue weighted by atomic mass is 9.85. The highest BCUT2D eigenvalue weighted by Gasteiger charge is 2.41. The lowest BCUT2D eigenvalue weighted by Crippen LogP contribution is -2.55. The van der Waals surface area contributed by atoms with Crippen molar-refractivity contribution in [1.29, 1.82) is 0 Å². The second-order valence-corrected chi connectivity index (χ2v) is 11.0. The molecule has 2 aromatic rings. The van der Waals surface area contributed by atoms with Crippen molar-refractivity contribution in [3.05, 3.63) is 53.3 Å². The fourth-order valence-electron chi connectivity index (χ4n) is 4.72. The molecule has 7 heteroatoms. The third-order valence-corrected chi connectivity index (χ3v) is 7.57. The summed E-state index contributed by atoms with van der Waals surface area (Å²) >= 11 is 1.64. The van der Waals surface area contributed by atoms with Gasteiger partial charge in [0.15, 0.2) is 0 Å². The van der Waals surface area contributed by atoms with E-state index in [1.54, 1.807) is 22.4 Å². The van der Waals surface area contributed by atoms with Gasteiger partial charge in [-0.05, 0) is 67.5 Å². The lowest BCUT2D eigenvalue weighted by molar-refractivity contribution is -0.142. The Hall–Kier alpha value is -2.67. The van der Waals surface area contributed by atoms with Crippen LogP contribution in [0.5, 0.6) is 0 Å². The maximum atomic E-state index is 13.4. The Kier molecular flexibility index (Phi) is 10.7. The SMILES string of the molecule is C=CNC(C(=O)N1CCCC1C(=O)NC(C)c1ccc(-c2scnc2C)cc1CC)C(C)(C)C.CC. The standard InChI is InChI=1S/C27H38N4O2S.C2H6/c1-8-19-15-20(23-18(4)29-16-34-23)12-13-21(19)17(3)30-25(32)22-11-10-14-31(22)26(33)24(28-9-2)27(5,6)7;1-2/h9,12-13,15-17,22,24,28H,2,8,10-11,14H2,1,3-7H3,(H,30,32);1-2H3. The van der Waals surface area contributed by atoms with E-state index in [4.69, 9.17) is 0 Å². The zero-order valence-electron chi connectivity index (χ0n) is 23.3. The van der Waals surface area contributed by atoms with Crippen molar-refractivity contribution in [3.63, 3.8) is 0 Å². The zero-order valence-corrected chi connectivity index (χ0v) is 24.1. The van der Waals surface area contributed by atoms with Gasteiger partial charge in [-0.1, -0.05) is 60.3 Å². The molecule has 1 saturated heterocycles. The summed E-state index contributed by atoms with van der Waals surface area (Å²) in [5.41, 5.74) is 6.09. The van der Waals surface area contributed by atoms with Crippen LogP contribution in [0.15, 0.2) is 36.5 Å². The van der Waals surface area contributed by atoms with Gasteiger partial charge in [0.2, 0.25) is 11.8 Å². The molecule has 198 valence electrons. The van der Waals surface area contributed by atoms with Gasteiger partial charge in [-0.15, -0.1) is 11.3 Å². The highest BCUT2D eigenvalue weighted by atomic mass is 32.1. The van der Waals surface area contributed by atoms with Crippen LogP contribution in [0.25, 0.3) is 10.4 Å². The molecule has 2 N–H and O–H groups in total. The van der Waals surface area contributed by atoms with Crippen LogP contribution in [0.1, 0.15) is 84.2 Å². The second-order valence-electron chi connectivity index (χ2n) is 10.1. The Balaban J connectivity index is 0.00000222. The molecule has 0 radical (unpaired) electrons. The minimum atomic E-state index is -0.449. The van der Waals surface area contributed by atoms with Crippen molar-refractivity contribution in [2.45, 2.75) is 92.8 Å². The van der Waals surface area contributed by atoms with Gasteiger partial charge in [-0.3, -0.25) is 9.59 Å². The molecule has 2 heterocycles. The molecule has 3 rings (SSSR count). The van der Waals surface area contributed by atoms with Crippen LogP contribution >= 0.6 is 11.3 Å². The number of rotatable bonds is 8. The largest absolute Gasteiger partial charge is 0.380 e. The van der Waals surface area contributed by atoms with Crippen molar-refractivity contribution >= 4 is 23.2 Å². The maximum absolute atomic E-state index is 13.4. The predicted octanol–water partition coefficient (Wildman–Crippen LogP) is 6.02. The van der Waals surface area contributed by atoms with Gasteiger partial charge in [0.1, 0.15) is 12.1 Å². The van der Waals surface area contributed by atoms with Gasteiger partial charge >= 0.3 is 0 Å². The molecule has 1 aliphatic rings. The third kappa shape index (κ3) is 6.75. The summed E-state index contributed by atoms with van der Waals surface area (Å²) in [5, 5.41) is 6.29. The molecule has 36 heavy (non-hydrogen) atoms. The average Bonchev–Trinajstić information content (AvgIpc) is 3.51. The summed E-state index contributed by atoms with van der Waals surface area (Å²) in [4.78, 5) is 34.0. The quantitative estimate of drug-likeness (QED) is 0.453. The number of thiazole rings is 1. The minimum absolute atomic E-state index is 0.0452. The van der Waals surface area contributed by atoms with Crippen LogP contribution in [0, 0.1) is 12.3 Å². The minimum Gasteiger partial charge on any atom is -0.380 e. The highest BCUT2D eigenvalue weighted by Crippen LogP contribution is 2.31. The number of hydrogen-bond acceptors (Lipinski definition) is 5. The Morgan fingerprint density at radius 2 is 2.00 bits per heavy atom. The lowest BCUT2D eigenvalue weighted by Gasteiger charge is -2.35. The number of nitrogens with zero attached hydrogens (tertiary/aromatic N) is 2. The Bertz CT molecular complexity index is 1040. The van der Waals surface area contributed by atoms with Crippen LogP contribution in [-0.4, -0.2) is 40.3 Å². The summed E-state index contributed by atoms with van der Waals surface area (Å²) in [5.74, 6) is -0.134. The predicted molar refractivity (Wildman–Crippen MR) is 151 cm³/mol. The Morgan fingerprint density at radius 1 is 1.31 bits per heavy atom. The van der Waals surface area contributed by atoms with Gasteiger partial charge < -0.3 is 15.5 Å². The molecular weight excluding hydrogens is 468 g/mol. The summed E-state index contributed by atoms with van der Waals surface area (Å²) in [6.45, 7) is 20.6. The fourth-order valence-corrected chi connectivity index (χ4v) is 5.52. The van der Waals surface area contributed by atoms with Crippen LogP contribution in [0.3, 0.4) is 0 Å². The topological polar surface area (TPSA) is 74.3 Å². The third-order valence-electron chi connectivity index (χ3n) is 6.59. The molecule has 2 amide bonds. The van der Waals surface area contributed by atoms with Crippen LogP contribution in [0.4, 0.5) is 0 Å². The van der Waals surface area contributed by atoms with E-state index in [0.717, 1.165) is 29.7 Å². The Morgan fingerprint density at radius 3 is 2.56 bits per heavy atom. The van der Waals surface area contributed by atoms with E-state index in [1.165, 1.54) is 10.4 Å². The van der Waals surface area contributed by atoms with Gasteiger partial charge in [-0.2, -0.15) is 0 Å². The second kappa shape index (κ2) is 13.0. The van der Waals surface area contributed by atoms with Crippen molar-refractivity contribution in [2.24, 2.45) is 5.41 Å². The molecule has 1 aromatic carbocycles. The van der Waals surface area contributed by atoms with Crippen molar-refractivity contribution in [1.82, 2.24) is 20.5 Å². The maximum Gasteiger partial charge on any atom is 0.246 e. The molecule has 3 atom stereocenters. The molecule has 6 nitrogen and oxygen atoms in total. The molecule has 0 saturated carbocycles. The van der Waals surface area contributed by atoms with E-state index >= 15 is 0 Å². The van der Waals surface area contributed by atoms with Gasteiger partial charge in [0, 0.05) is 6.54 Å². The highest BCUT2D eigenvalue weighted by molar-refractivity contribution is 7.13. The van der Waals surface area contributed by atoms with E-state index in [-0.39, 0.29) is 23.3 Å². The molecule has 0 aliphatic carbocycles. The summed E-state index contributed by atoms with van der Waals surface area (Å²) in [7, 11) is 0. The summed E-state index contributed by atoms with van der Waals surface area (Å²) in [6.07, 6.45) is 3.94. The van der Waals surface area contributed by atoms with Gasteiger partial charge in [0.25, 0.3) is 0 Å². The first-order valence-corrected chi connectivity index (χ1v) is 14.0. The van der Waals surface area contributed by atoms with Gasteiger partial charge in [0.05, 0.1) is 22.1 Å². The number of amides is 2. The number of nitrogens with one attached hydrogen (secondary N) is 2. The zero-order chi connectivity index (χ0) is 27.0. The van der Waals surface area contributed by atoms with Gasteiger partial charge in [-0.25, -0.2) is 4.98 Å². The normalized spacial score (nSPS) is 17.0. The first kappa shape index (κ1) is 29.6. The number of hydrogen-bond donors (Lipinski definition) is 2. The summed E-state index contributed by atoms with van der Waals surface area (Å²) < 4.78 is 0. The fraction of sp³-hybridized carbons (Fsp3) is 0.552. The van der Waals surface area contributed by atoms with E-state index in [9.17, 15) is 9.59 Å². The number of carbonyl (C=O) groups excluding carboxylic acids is 2. The van der Waals surface area contributed by atoms with Crippen molar-refractivity contribution in [3.8, 4) is 10.4 Å². The van der Waals surface area contributed by atoms with Crippen LogP contribution < -0.4 is 10.6 Å². The molecular formula is C29H44N4O2S. The number of aromatic nitrogens is 1. The monoisotopic (exact) mass is 512 g/mol. The smallest absolute Gasteiger partial charge is 0.246 e. The molecule has 1 fully saturated rings. The van der Waals surface area contributed by atoms with E-state index in [0.29, 0.717) is 13.0 Å². The first-order chi connectivity index (χ1) is 17.1. The van der Waals surface area contributed by atoms with E-state index in [1.807, 2.05) is 54.0 Å². The molecule has 1 aliphatic heterocycles. The number of carbonyl (C=O) groups is 2. The number of aryl methyl sites for hydroxylation is 2. The number of likely N-dealkylation sites (tertiary alicyclic amines) is 1. The Labute approximate surface area is 221 Å².